The van der Waals surface area contributed by atoms with E-state index >= 15 is 0 Å². The Balaban J connectivity index is 1.90. The van der Waals surface area contributed by atoms with Crippen molar-refractivity contribution in [2.45, 2.75) is 32.2 Å². The summed E-state index contributed by atoms with van der Waals surface area (Å²) in [7, 11) is 0. The zero-order valence-electron chi connectivity index (χ0n) is 11.0. The first-order chi connectivity index (χ1) is 8.81. The molecule has 0 aliphatic carbocycles. The smallest absolute Gasteiger partial charge is 0.292 e. The van der Waals surface area contributed by atoms with Crippen LogP contribution in [-0.4, -0.2) is 49.7 Å². The maximum atomic E-state index is 12.2. The topological polar surface area (TPSA) is 50.8 Å². The Hall–Kier alpha value is -1.23. The number of hydrogen-bond donors (Lipinski definition) is 1. The van der Waals surface area contributed by atoms with Gasteiger partial charge in [-0.1, -0.05) is 6.42 Å². The Morgan fingerprint density at radius 3 is 3.00 bits per heavy atom. The van der Waals surface area contributed by atoms with E-state index in [-0.39, 0.29) is 5.91 Å². The summed E-state index contributed by atoms with van der Waals surface area (Å²) in [5.41, 5.74) is 0. The highest BCUT2D eigenvalue weighted by atomic mass is 16.6. The van der Waals surface area contributed by atoms with Gasteiger partial charge in [0.2, 0.25) is 5.76 Å². The molecule has 0 spiro atoms. The molecule has 1 saturated heterocycles. The molecule has 1 amide bonds. The molecule has 0 bridgehead atoms. The molecule has 2 aliphatic heterocycles. The van der Waals surface area contributed by atoms with Crippen molar-refractivity contribution in [2.75, 3.05) is 32.8 Å². The van der Waals surface area contributed by atoms with Crippen LogP contribution in [0.3, 0.4) is 0 Å². The number of ether oxygens (including phenoxy) is 2. The van der Waals surface area contributed by atoms with Gasteiger partial charge in [-0.15, -0.1) is 0 Å². The van der Waals surface area contributed by atoms with Crippen molar-refractivity contribution in [2.24, 2.45) is 0 Å². The molecule has 5 nitrogen and oxygen atoms in total. The molecule has 0 radical (unpaired) electrons. The van der Waals surface area contributed by atoms with Gasteiger partial charge in [-0.25, -0.2) is 0 Å². The molecule has 2 heterocycles. The highest BCUT2D eigenvalue weighted by Gasteiger charge is 2.24. The predicted molar refractivity (Wildman–Crippen MR) is 67.9 cm³/mol. The van der Waals surface area contributed by atoms with Crippen LogP contribution in [0.1, 0.15) is 26.2 Å². The van der Waals surface area contributed by atoms with Crippen LogP contribution in [0.25, 0.3) is 0 Å². The minimum Gasteiger partial charge on any atom is -0.494 e. The molecule has 1 atom stereocenters. The molecular weight excluding hydrogens is 232 g/mol. The summed E-state index contributed by atoms with van der Waals surface area (Å²) >= 11 is 0. The number of rotatable bonds is 4. The largest absolute Gasteiger partial charge is 0.494 e. The van der Waals surface area contributed by atoms with Crippen LogP contribution >= 0.6 is 0 Å². The van der Waals surface area contributed by atoms with E-state index in [2.05, 4.69) is 5.32 Å². The van der Waals surface area contributed by atoms with Crippen LogP contribution in [0, 0.1) is 0 Å². The number of carbonyl (C=O) groups is 1. The van der Waals surface area contributed by atoms with E-state index in [1.165, 1.54) is 19.1 Å². The Kier molecular flexibility index (Phi) is 4.87. The third kappa shape index (κ3) is 3.38. The zero-order chi connectivity index (χ0) is 12.8. The fraction of sp³-hybridized carbons (Fsp3) is 0.769. The summed E-state index contributed by atoms with van der Waals surface area (Å²) in [4.78, 5) is 14.1. The molecule has 102 valence electrons. The minimum atomic E-state index is -0.0652. The van der Waals surface area contributed by atoms with Gasteiger partial charge in [-0.2, -0.15) is 0 Å². The van der Waals surface area contributed by atoms with Gasteiger partial charge >= 0.3 is 0 Å². The van der Waals surface area contributed by atoms with Crippen molar-refractivity contribution >= 4 is 5.91 Å². The van der Waals surface area contributed by atoms with E-state index in [9.17, 15) is 4.79 Å². The van der Waals surface area contributed by atoms with E-state index in [0.29, 0.717) is 31.6 Å². The molecule has 0 aromatic rings. The first kappa shape index (κ1) is 13.2. The van der Waals surface area contributed by atoms with Gasteiger partial charge in [0.25, 0.3) is 5.91 Å². The lowest BCUT2D eigenvalue weighted by atomic mass is 10.0. The van der Waals surface area contributed by atoms with Gasteiger partial charge in [-0.3, -0.25) is 4.79 Å². The lowest BCUT2D eigenvalue weighted by Gasteiger charge is -2.30. The zero-order valence-corrected chi connectivity index (χ0v) is 11.0. The van der Waals surface area contributed by atoms with Crippen molar-refractivity contribution in [3.05, 3.63) is 12.0 Å². The van der Waals surface area contributed by atoms with Crippen molar-refractivity contribution in [3.63, 3.8) is 0 Å². The first-order valence-electron chi connectivity index (χ1n) is 6.78. The second-order valence-corrected chi connectivity index (χ2v) is 4.69. The number of nitrogens with zero attached hydrogens (tertiary/aromatic N) is 1. The number of nitrogens with one attached hydrogen (secondary N) is 1. The van der Waals surface area contributed by atoms with Crippen molar-refractivity contribution in [1.82, 2.24) is 10.2 Å². The van der Waals surface area contributed by atoms with E-state index < -0.39 is 0 Å². The highest BCUT2D eigenvalue weighted by Crippen LogP contribution is 2.12. The molecule has 1 fully saturated rings. The Morgan fingerprint density at radius 1 is 1.50 bits per heavy atom. The number of hydrogen-bond acceptors (Lipinski definition) is 4. The van der Waals surface area contributed by atoms with E-state index in [4.69, 9.17) is 9.47 Å². The first-order valence-corrected chi connectivity index (χ1v) is 6.78. The monoisotopic (exact) mass is 254 g/mol. The number of likely N-dealkylation sites (N-methyl/N-ethyl adjacent to an activating group) is 1. The average Bonchev–Trinajstić information content (AvgIpc) is 2.46. The third-order valence-corrected chi connectivity index (χ3v) is 3.38. The average molecular weight is 254 g/mol. The molecule has 1 N–H and O–H groups in total. The summed E-state index contributed by atoms with van der Waals surface area (Å²) in [5, 5.41) is 3.46. The van der Waals surface area contributed by atoms with Crippen LogP contribution in [0.5, 0.6) is 0 Å². The quantitative estimate of drug-likeness (QED) is 0.808. The third-order valence-electron chi connectivity index (χ3n) is 3.38. The molecule has 0 aromatic carbocycles. The highest BCUT2D eigenvalue weighted by molar-refractivity contribution is 5.91. The van der Waals surface area contributed by atoms with Crippen LogP contribution in [0.15, 0.2) is 12.0 Å². The SMILES string of the molecule is CCN(CC1CCCCN1)C(=O)C1=COCCO1. The van der Waals surface area contributed by atoms with Crippen molar-refractivity contribution < 1.29 is 14.3 Å². The number of piperidine rings is 1. The summed E-state index contributed by atoms with van der Waals surface area (Å²) in [6.07, 6.45) is 5.05. The Morgan fingerprint density at radius 2 is 2.39 bits per heavy atom. The van der Waals surface area contributed by atoms with Crippen molar-refractivity contribution in [3.8, 4) is 0 Å². The molecule has 18 heavy (non-hydrogen) atoms. The fourth-order valence-corrected chi connectivity index (χ4v) is 2.34. The molecule has 1 unspecified atom stereocenters. The van der Waals surface area contributed by atoms with Gasteiger partial charge < -0.3 is 19.7 Å². The Labute approximate surface area is 108 Å². The second kappa shape index (κ2) is 6.64. The van der Waals surface area contributed by atoms with Crippen molar-refractivity contribution in [1.29, 1.82) is 0 Å². The predicted octanol–water partition coefficient (Wildman–Crippen LogP) is 0.865. The molecule has 0 aromatic heterocycles. The van der Waals surface area contributed by atoms with Gasteiger partial charge in [0.15, 0.2) is 0 Å². The molecule has 0 saturated carbocycles. The molecule has 5 heteroatoms. The maximum absolute atomic E-state index is 12.2. The van der Waals surface area contributed by atoms with Crippen LogP contribution < -0.4 is 5.32 Å². The van der Waals surface area contributed by atoms with Crippen LogP contribution in [-0.2, 0) is 14.3 Å². The van der Waals surface area contributed by atoms with Crippen LogP contribution in [0.4, 0.5) is 0 Å². The number of carbonyl (C=O) groups excluding carboxylic acids is 1. The minimum absolute atomic E-state index is 0.0652. The molecule has 2 aliphatic rings. The van der Waals surface area contributed by atoms with E-state index in [0.717, 1.165) is 19.5 Å². The maximum Gasteiger partial charge on any atom is 0.292 e. The summed E-state index contributed by atoms with van der Waals surface area (Å²) in [6, 6.07) is 0.410. The van der Waals surface area contributed by atoms with Gasteiger partial charge in [-0.05, 0) is 26.3 Å². The fourth-order valence-electron chi connectivity index (χ4n) is 2.34. The van der Waals surface area contributed by atoms with Crippen LogP contribution in [0.2, 0.25) is 0 Å². The lowest BCUT2D eigenvalue weighted by Crippen LogP contribution is -2.46. The summed E-state index contributed by atoms with van der Waals surface area (Å²) < 4.78 is 10.5. The van der Waals surface area contributed by atoms with E-state index in [1.54, 1.807) is 0 Å². The molecular formula is C13H22N2O3. The summed E-state index contributed by atoms with van der Waals surface area (Å²) in [6.45, 7) is 5.46. The van der Waals surface area contributed by atoms with Gasteiger partial charge in [0.1, 0.15) is 19.5 Å². The second-order valence-electron chi connectivity index (χ2n) is 4.69. The van der Waals surface area contributed by atoms with Gasteiger partial charge in [0.05, 0.1) is 0 Å². The van der Waals surface area contributed by atoms with Gasteiger partial charge in [0, 0.05) is 19.1 Å². The number of amides is 1. The summed E-state index contributed by atoms with van der Waals surface area (Å²) in [5.74, 6) is 0.267. The molecule has 2 rings (SSSR count). The Bertz CT molecular complexity index is 311. The lowest BCUT2D eigenvalue weighted by molar-refractivity contribution is -0.132. The normalized spacial score (nSPS) is 23.6. The standard InChI is InChI=1S/C13H22N2O3/c1-2-15(9-11-5-3-4-6-14-11)13(16)12-10-17-7-8-18-12/h10-11,14H,2-9H2,1H3. The van der Waals surface area contributed by atoms with E-state index in [1.807, 2.05) is 11.8 Å².